The Morgan fingerprint density at radius 2 is 2.21 bits per heavy atom. The van der Waals surface area contributed by atoms with Crippen molar-refractivity contribution in [3.05, 3.63) is 23.6 Å². The average molecular weight is 267 g/mol. The highest BCUT2D eigenvalue weighted by Gasteiger charge is 2.27. The van der Waals surface area contributed by atoms with Gasteiger partial charge in [-0.15, -0.1) is 0 Å². The van der Waals surface area contributed by atoms with E-state index in [2.05, 4.69) is 4.98 Å². The van der Waals surface area contributed by atoms with Gasteiger partial charge in [0.1, 0.15) is 0 Å². The van der Waals surface area contributed by atoms with Crippen molar-refractivity contribution in [1.82, 2.24) is 9.88 Å². The van der Waals surface area contributed by atoms with Crippen molar-refractivity contribution >= 4 is 11.7 Å². The molecule has 2 rings (SSSR count). The van der Waals surface area contributed by atoms with Gasteiger partial charge in [0, 0.05) is 19.3 Å². The average Bonchev–Trinajstić information content (AvgIpc) is 2.41. The SMILES string of the molecule is CC(O)C1CCN(C(=O)c2ccnc(N)c2F)CC1. The zero-order valence-corrected chi connectivity index (χ0v) is 10.8. The Balaban J connectivity index is 2.07. The first kappa shape index (κ1) is 13.7. The number of nitrogens with zero attached hydrogens (tertiary/aromatic N) is 2. The second-order valence-corrected chi connectivity index (χ2v) is 4.93. The summed E-state index contributed by atoms with van der Waals surface area (Å²) in [5.74, 6) is -1.18. The number of piperidine rings is 1. The second kappa shape index (κ2) is 5.52. The number of likely N-dealkylation sites (tertiary alicyclic amines) is 1. The summed E-state index contributed by atoms with van der Waals surface area (Å²) in [5.41, 5.74) is 5.32. The zero-order valence-electron chi connectivity index (χ0n) is 10.8. The molecule has 0 radical (unpaired) electrons. The van der Waals surface area contributed by atoms with E-state index in [-0.39, 0.29) is 29.3 Å². The van der Waals surface area contributed by atoms with Gasteiger partial charge >= 0.3 is 0 Å². The van der Waals surface area contributed by atoms with Gasteiger partial charge in [0.05, 0.1) is 11.7 Å². The van der Waals surface area contributed by atoms with Crippen molar-refractivity contribution in [3.63, 3.8) is 0 Å². The molecule has 1 aromatic heterocycles. The van der Waals surface area contributed by atoms with Crippen molar-refractivity contribution < 1.29 is 14.3 Å². The Bertz CT molecular complexity index is 471. The van der Waals surface area contributed by atoms with E-state index in [1.165, 1.54) is 12.3 Å². The molecule has 1 atom stereocenters. The maximum absolute atomic E-state index is 13.7. The van der Waals surface area contributed by atoms with Crippen LogP contribution in [0.2, 0.25) is 0 Å². The molecule has 1 amide bonds. The van der Waals surface area contributed by atoms with Crippen LogP contribution in [-0.2, 0) is 0 Å². The van der Waals surface area contributed by atoms with Crippen LogP contribution in [0.25, 0.3) is 0 Å². The Labute approximate surface area is 111 Å². The fourth-order valence-corrected chi connectivity index (χ4v) is 2.38. The van der Waals surface area contributed by atoms with Gasteiger partial charge < -0.3 is 15.7 Å². The summed E-state index contributed by atoms with van der Waals surface area (Å²) < 4.78 is 13.7. The van der Waals surface area contributed by atoms with Crippen LogP contribution in [0, 0.1) is 11.7 Å². The summed E-state index contributed by atoms with van der Waals surface area (Å²) >= 11 is 0. The van der Waals surface area contributed by atoms with Gasteiger partial charge in [-0.2, -0.15) is 0 Å². The number of aromatic nitrogens is 1. The minimum atomic E-state index is -0.759. The third kappa shape index (κ3) is 2.84. The number of anilines is 1. The van der Waals surface area contributed by atoms with E-state index in [1.807, 2.05) is 0 Å². The molecule has 1 unspecified atom stereocenters. The smallest absolute Gasteiger partial charge is 0.257 e. The molecule has 0 bridgehead atoms. The maximum atomic E-state index is 13.7. The number of halogens is 1. The number of carbonyl (C=O) groups is 1. The lowest BCUT2D eigenvalue weighted by Crippen LogP contribution is -2.41. The molecule has 0 spiro atoms. The molecule has 19 heavy (non-hydrogen) atoms. The topological polar surface area (TPSA) is 79.5 Å². The standard InChI is InChI=1S/C13H18FN3O2/c1-8(18)9-3-6-17(7-4-9)13(19)10-2-5-16-12(15)11(10)14/h2,5,8-9,18H,3-4,6-7H2,1H3,(H2,15,16). The van der Waals surface area contributed by atoms with Crippen LogP contribution < -0.4 is 5.73 Å². The molecule has 1 aliphatic rings. The van der Waals surface area contributed by atoms with E-state index in [1.54, 1.807) is 11.8 Å². The van der Waals surface area contributed by atoms with Crippen LogP contribution in [-0.4, -0.2) is 40.1 Å². The highest BCUT2D eigenvalue weighted by Crippen LogP contribution is 2.23. The van der Waals surface area contributed by atoms with Gasteiger partial charge in [-0.3, -0.25) is 4.79 Å². The highest BCUT2D eigenvalue weighted by molar-refractivity contribution is 5.95. The third-order valence-electron chi connectivity index (χ3n) is 3.66. The summed E-state index contributed by atoms with van der Waals surface area (Å²) in [6.07, 6.45) is 2.41. The molecule has 0 aliphatic carbocycles. The number of rotatable bonds is 2. The molecule has 104 valence electrons. The molecule has 5 nitrogen and oxygen atoms in total. The van der Waals surface area contributed by atoms with Crippen LogP contribution in [0.3, 0.4) is 0 Å². The lowest BCUT2D eigenvalue weighted by atomic mass is 9.92. The molecular weight excluding hydrogens is 249 g/mol. The van der Waals surface area contributed by atoms with Crippen LogP contribution in [0.4, 0.5) is 10.2 Å². The van der Waals surface area contributed by atoms with E-state index in [4.69, 9.17) is 5.73 Å². The lowest BCUT2D eigenvalue weighted by Gasteiger charge is -2.33. The van der Waals surface area contributed by atoms with Crippen LogP contribution >= 0.6 is 0 Å². The van der Waals surface area contributed by atoms with Crippen LogP contribution in [0.1, 0.15) is 30.1 Å². The first-order valence-electron chi connectivity index (χ1n) is 6.38. The molecule has 3 N–H and O–H groups in total. The van der Waals surface area contributed by atoms with Crippen LogP contribution in [0.15, 0.2) is 12.3 Å². The quantitative estimate of drug-likeness (QED) is 0.839. The summed E-state index contributed by atoms with van der Waals surface area (Å²) in [4.78, 5) is 17.4. The first-order valence-corrected chi connectivity index (χ1v) is 6.38. The van der Waals surface area contributed by atoms with Crippen molar-refractivity contribution in [1.29, 1.82) is 0 Å². The number of aliphatic hydroxyl groups is 1. The van der Waals surface area contributed by atoms with Crippen molar-refractivity contribution in [2.24, 2.45) is 5.92 Å². The number of nitrogen functional groups attached to an aromatic ring is 1. The molecule has 6 heteroatoms. The predicted molar refractivity (Wildman–Crippen MR) is 68.9 cm³/mol. The van der Waals surface area contributed by atoms with E-state index in [9.17, 15) is 14.3 Å². The Hall–Kier alpha value is -1.69. The van der Waals surface area contributed by atoms with Crippen molar-refractivity contribution in [3.8, 4) is 0 Å². The van der Waals surface area contributed by atoms with Gasteiger partial charge in [-0.1, -0.05) is 0 Å². The molecular formula is C13H18FN3O2. The number of hydrogen-bond acceptors (Lipinski definition) is 4. The molecule has 1 saturated heterocycles. The summed E-state index contributed by atoms with van der Waals surface area (Å²) in [5, 5.41) is 9.51. The van der Waals surface area contributed by atoms with E-state index in [0.717, 1.165) is 12.8 Å². The second-order valence-electron chi connectivity index (χ2n) is 4.93. The minimum Gasteiger partial charge on any atom is -0.393 e. The number of aliphatic hydroxyl groups excluding tert-OH is 1. The van der Waals surface area contributed by atoms with Gasteiger partial charge in [0.25, 0.3) is 5.91 Å². The van der Waals surface area contributed by atoms with E-state index in [0.29, 0.717) is 13.1 Å². The first-order chi connectivity index (χ1) is 9.00. The van der Waals surface area contributed by atoms with Gasteiger partial charge in [-0.25, -0.2) is 9.37 Å². The van der Waals surface area contributed by atoms with Gasteiger partial charge in [-0.05, 0) is 31.7 Å². The number of carbonyl (C=O) groups excluding carboxylic acids is 1. The Morgan fingerprint density at radius 1 is 1.58 bits per heavy atom. The maximum Gasteiger partial charge on any atom is 0.257 e. The molecule has 1 aromatic rings. The third-order valence-corrected chi connectivity index (χ3v) is 3.66. The lowest BCUT2D eigenvalue weighted by molar-refractivity contribution is 0.0518. The predicted octanol–water partition coefficient (Wildman–Crippen LogP) is 1.04. The van der Waals surface area contributed by atoms with Gasteiger partial charge in [0.15, 0.2) is 11.6 Å². The molecule has 2 heterocycles. The summed E-state index contributed by atoms with van der Waals surface area (Å²) in [6, 6.07) is 1.34. The Kier molecular flexibility index (Phi) is 3.99. The number of pyridine rings is 1. The van der Waals surface area contributed by atoms with Crippen molar-refractivity contribution in [2.45, 2.75) is 25.9 Å². The van der Waals surface area contributed by atoms with Crippen LogP contribution in [0.5, 0.6) is 0 Å². The molecule has 1 fully saturated rings. The molecule has 0 aromatic carbocycles. The number of amides is 1. The Morgan fingerprint density at radius 3 is 2.79 bits per heavy atom. The zero-order chi connectivity index (χ0) is 14.0. The van der Waals surface area contributed by atoms with E-state index < -0.39 is 5.82 Å². The number of hydrogen-bond donors (Lipinski definition) is 2. The molecule has 0 saturated carbocycles. The van der Waals surface area contributed by atoms with Crippen molar-refractivity contribution in [2.75, 3.05) is 18.8 Å². The highest BCUT2D eigenvalue weighted by atomic mass is 19.1. The summed E-state index contributed by atoms with van der Waals surface area (Å²) in [6.45, 7) is 2.80. The minimum absolute atomic E-state index is 0.0389. The number of nitrogens with two attached hydrogens (primary N) is 1. The summed E-state index contributed by atoms with van der Waals surface area (Å²) in [7, 11) is 0. The monoisotopic (exact) mass is 267 g/mol. The van der Waals surface area contributed by atoms with E-state index >= 15 is 0 Å². The molecule has 1 aliphatic heterocycles. The largest absolute Gasteiger partial charge is 0.393 e. The fourth-order valence-electron chi connectivity index (χ4n) is 2.38. The normalized spacial score (nSPS) is 18.4. The van der Waals surface area contributed by atoms with Gasteiger partial charge in [0.2, 0.25) is 0 Å². The fraction of sp³-hybridized carbons (Fsp3) is 0.538.